The Labute approximate surface area is 109 Å². The summed E-state index contributed by atoms with van der Waals surface area (Å²) in [5.74, 6) is 0.413. The molecule has 0 bridgehead atoms. The molecule has 0 unspecified atom stereocenters. The van der Waals surface area contributed by atoms with Crippen molar-refractivity contribution in [3.63, 3.8) is 0 Å². The van der Waals surface area contributed by atoms with E-state index < -0.39 is 6.09 Å². The number of aromatic nitrogens is 4. The number of amides is 1. The first-order valence-electron chi connectivity index (χ1n) is 5.67. The average Bonchev–Trinajstić information content (AvgIpc) is 2.73. The Kier molecular flexibility index (Phi) is 3.60. The van der Waals surface area contributed by atoms with Crippen LogP contribution in [0.3, 0.4) is 0 Å². The Morgan fingerprint density at radius 3 is 2.95 bits per heavy atom. The number of nitrogens with zero attached hydrogens (tertiary/aromatic N) is 4. The van der Waals surface area contributed by atoms with Crippen LogP contribution in [0.4, 0.5) is 16.3 Å². The van der Waals surface area contributed by atoms with Crippen LogP contribution in [0, 0.1) is 0 Å². The van der Waals surface area contributed by atoms with Crippen LogP contribution in [0.25, 0.3) is 11.4 Å². The van der Waals surface area contributed by atoms with Gasteiger partial charge in [0, 0.05) is 7.05 Å². The summed E-state index contributed by atoms with van der Waals surface area (Å²) in [7, 11) is 1.66. The molecule has 2 aromatic heterocycles. The second-order valence-corrected chi connectivity index (χ2v) is 3.73. The normalized spacial score (nSPS) is 10.2. The molecule has 0 aromatic carbocycles. The molecule has 0 fully saturated rings. The second-order valence-electron chi connectivity index (χ2n) is 3.73. The summed E-state index contributed by atoms with van der Waals surface area (Å²) in [6.07, 6.45) is 0.947. The van der Waals surface area contributed by atoms with Gasteiger partial charge in [0.25, 0.3) is 0 Å². The van der Waals surface area contributed by atoms with Crippen LogP contribution in [0.15, 0.2) is 18.3 Å². The fourth-order valence-corrected chi connectivity index (χ4v) is 1.48. The summed E-state index contributed by atoms with van der Waals surface area (Å²) < 4.78 is 6.26. The maximum atomic E-state index is 11.5. The molecule has 2 aromatic rings. The molecule has 0 atom stereocenters. The van der Waals surface area contributed by atoms with Crippen molar-refractivity contribution < 1.29 is 9.53 Å². The minimum atomic E-state index is -0.565. The van der Waals surface area contributed by atoms with Crippen molar-refractivity contribution in [3.8, 4) is 11.4 Å². The second kappa shape index (κ2) is 5.34. The summed E-state index contributed by atoms with van der Waals surface area (Å²) in [4.78, 5) is 15.6. The third-order valence-electron chi connectivity index (χ3n) is 2.35. The molecule has 0 radical (unpaired) electrons. The molecule has 3 N–H and O–H groups in total. The fraction of sp³-hybridized carbons (Fsp3) is 0.273. The van der Waals surface area contributed by atoms with Crippen LogP contribution in [-0.2, 0) is 11.8 Å². The largest absolute Gasteiger partial charge is 0.450 e. The summed E-state index contributed by atoms with van der Waals surface area (Å²) in [6.45, 7) is 2.01. The number of carbonyl (C=O) groups is 1. The van der Waals surface area contributed by atoms with E-state index in [-0.39, 0.29) is 6.61 Å². The summed E-state index contributed by atoms with van der Waals surface area (Å²) in [5, 5.41) is 10.4. The molecule has 2 rings (SSSR count). The van der Waals surface area contributed by atoms with Gasteiger partial charge in [-0.1, -0.05) is 5.21 Å². The summed E-state index contributed by atoms with van der Waals surface area (Å²) >= 11 is 0. The van der Waals surface area contributed by atoms with Crippen molar-refractivity contribution in [3.05, 3.63) is 18.3 Å². The Bertz CT molecular complexity index is 577. The Balaban J connectivity index is 2.31. The van der Waals surface area contributed by atoms with Crippen molar-refractivity contribution in [1.29, 1.82) is 0 Å². The van der Waals surface area contributed by atoms with E-state index in [1.165, 1.54) is 10.9 Å². The van der Waals surface area contributed by atoms with Crippen molar-refractivity contribution >= 4 is 17.6 Å². The molecule has 0 aliphatic rings. The van der Waals surface area contributed by atoms with Crippen LogP contribution in [0.2, 0.25) is 0 Å². The first kappa shape index (κ1) is 12.8. The first-order valence-corrected chi connectivity index (χ1v) is 5.67. The number of nitrogen functional groups attached to an aromatic ring is 1. The lowest BCUT2D eigenvalue weighted by molar-refractivity contribution is 0.167. The Hall–Kier alpha value is -2.64. The van der Waals surface area contributed by atoms with Crippen molar-refractivity contribution in [2.45, 2.75) is 6.92 Å². The highest BCUT2D eigenvalue weighted by Gasteiger charge is 2.16. The molecule has 0 saturated heterocycles. The fourth-order valence-electron chi connectivity index (χ4n) is 1.48. The third kappa shape index (κ3) is 2.79. The number of ether oxygens (including phenoxy) is 1. The topological polar surface area (TPSA) is 108 Å². The molecular weight excluding hydrogens is 248 g/mol. The number of nitrogens with two attached hydrogens (primary N) is 1. The van der Waals surface area contributed by atoms with E-state index in [0.29, 0.717) is 22.9 Å². The molecular formula is C11H14N6O2. The molecule has 19 heavy (non-hydrogen) atoms. The van der Waals surface area contributed by atoms with Crippen LogP contribution in [-0.4, -0.2) is 32.7 Å². The highest BCUT2D eigenvalue weighted by molar-refractivity contribution is 5.88. The SMILES string of the molecule is CCOC(=O)Nc1c(-c2ccc(N)cn2)nnn1C. The number of hydrogen-bond donors (Lipinski definition) is 2. The number of aryl methyl sites for hydroxylation is 1. The number of rotatable bonds is 3. The summed E-state index contributed by atoms with van der Waals surface area (Å²) in [6, 6.07) is 3.40. The highest BCUT2D eigenvalue weighted by Crippen LogP contribution is 2.23. The number of anilines is 2. The first-order chi connectivity index (χ1) is 9.11. The highest BCUT2D eigenvalue weighted by atomic mass is 16.5. The van der Waals surface area contributed by atoms with E-state index in [2.05, 4.69) is 20.6 Å². The lowest BCUT2D eigenvalue weighted by Gasteiger charge is -2.06. The van der Waals surface area contributed by atoms with Crippen LogP contribution in [0.5, 0.6) is 0 Å². The molecule has 0 spiro atoms. The van der Waals surface area contributed by atoms with Crippen LogP contribution in [0.1, 0.15) is 6.92 Å². The smallest absolute Gasteiger partial charge is 0.412 e. The Morgan fingerprint density at radius 1 is 1.53 bits per heavy atom. The molecule has 8 nitrogen and oxygen atoms in total. The number of nitrogens with one attached hydrogen (secondary N) is 1. The van der Waals surface area contributed by atoms with Crippen LogP contribution < -0.4 is 11.1 Å². The van der Waals surface area contributed by atoms with Gasteiger partial charge in [0.05, 0.1) is 24.2 Å². The predicted molar refractivity (Wildman–Crippen MR) is 69.3 cm³/mol. The van der Waals surface area contributed by atoms with Gasteiger partial charge < -0.3 is 10.5 Å². The maximum Gasteiger partial charge on any atom is 0.412 e. The Morgan fingerprint density at radius 2 is 2.32 bits per heavy atom. The minimum absolute atomic E-state index is 0.284. The van der Waals surface area contributed by atoms with E-state index in [9.17, 15) is 4.79 Å². The zero-order valence-electron chi connectivity index (χ0n) is 10.6. The molecule has 0 saturated carbocycles. The van der Waals surface area contributed by atoms with Crippen molar-refractivity contribution in [2.75, 3.05) is 17.7 Å². The van der Waals surface area contributed by atoms with Gasteiger partial charge in [-0.05, 0) is 19.1 Å². The maximum absolute atomic E-state index is 11.5. The molecule has 8 heteroatoms. The van der Waals surface area contributed by atoms with Crippen molar-refractivity contribution in [1.82, 2.24) is 20.0 Å². The van der Waals surface area contributed by atoms with Gasteiger partial charge in [-0.15, -0.1) is 5.10 Å². The van der Waals surface area contributed by atoms with Gasteiger partial charge in [-0.3, -0.25) is 10.3 Å². The molecule has 1 amide bonds. The van der Waals surface area contributed by atoms with E-state index in [1.807, 2.05) is 0 Å². The zero-order chi connectivity index (χ0) is 13.8. The predicted octanol–water partition coefficient (Wildman–Crippen LogP) is 1.03. The summed E-state index contributed by atoms with van der Waals surface area (Å²) in [5.41, 5.74) is 7.14. The van der Waals surface area contributed by atoms with Gasteiger partial charge in [0.1, 0.15) is 0 Å². The molecule has 0 aliphatic carbocycles. The number of pyridine rings is 1. The lowest BCUT2D eigenvalue weighted by atomic mass is 10.2. The number of carbonyl (C=O) groups excluding carboxylic acids is 1. The molecule has 100 valence electrons. The minimum Gasteiger partial charge on any atom is -0.450 e. The van der Waals surface area contributed by atoms with Crippen molar-refractivity contribution in [2.24, 2.45) is 7.05 Å². The number of hydrogen-bond acceptors (Lipinski definition) is 6. The molecule has 0 aliphatic heterocycles. The average molecular weight is 262 g/mol. The third-order valence-corrected chi connectivity index (χ3v) is 2.35. The van der Waals surface area contributed by atoms with E-state index >= 15 is 0 Å². The van der Waals surface area contributed by atoms with Gasteiger partial charge >= 0.3 is 6.09 Å². The standard InChI is InChI=1S/C11H14N6O2/c1-3-19-11(18)14-10-9(15-16-17(10)2)8-5-4-7(12)6-13-8/h4-6H,3,12H2,1-2H3,(H,14,18). The van der Waals surface area contributed by atoms with E-state index in [1.54, 1.807) is 26.1 Å². The van der Waals surface area contributed by atoms with Gasteiger partial charge in [-0.2, -0.15) is 0 Å². The lowest BCUT2D eigenvalue weighted by Crippen LogP contribution is -2.16. The van der Waals surface area contributed by atoms with E-state index in [4.69, 9.17) is 10.5 Å². The van der Waals surface area contributed by atoms with Crippen LogP contribution >= 0.6 is 0 Å². The quantitative estimate of drug-likeness (QED) is 0.855. The van der Waals surface area contributed by atoms with Gasteiger partial charge in [-0.25, -0.2) is 9.48 Å². The van der Waals surface area contributed by atoms with Gasteiger partial charge in [0.15, 0.2) is 11.5 Å². The van der Waals surface area contributed by atoms with Gasteiger partial charge in [0.2, 0.25) is 0 Å². The zero-order valence-corrected chi connectivity index (χ0v) is 10.6. The monoisotopic (exact) mass is 262 g/mol. The van der Waals surface area contributed by atoms with E-state index in [0.717, 1.165) is 0 Å². The molecule has 2 heterocycles.